The average Bonchev–Trinajstić information content (AvgIpc) is 2.71. The Balaban J connectivity index is 1.84. The molecule has 3 rings (SSSR count). The van der Waals surface area contributed by atoms with Crippen LogP contribution < -0.4 is 11.1 Å². The molecular formula is C23H26N4O. The number of hydrogen-bond donors (Lipinski definition) is 2. The standard InChI is InChI=1S/C23H26N4O/c1-27(2)16-8-11-17-14-15-25-23(21(17)24)26-20-13-7-6-12-19(20)22(28)18-9-4-3-5-10-18/h3-7,9-10,12-15H,8,11,16,24H2,1-2H3,(H,25,26). The summed E-state index contributed by atoms with van der Waals surface area (Å²) < 4.78 is 0. The minimum Gasteiger partial charge on any atom is -0.396 e. The maximum atomic E-state index is 12.9. The molecule has 3 N–H and O–H groups in total. The highest BCUT2D eigenvalue weighted by Gasteiger charge is 2.15. The van der Waals surface area contributed by atoms with Gasteiger partial charge in [0.05, 0.1) is 11.4 Å². The van der Waals surface area contributed by atoms with Crippen LogP contribution >= 0.6 is 0 Å². The SMILES string of the molecule is CN(C)CCCc1ccnc(Nc2ccccc2C(=O)c2ccccc2)c1N. The van der Waals surface area contributed by atoms with Gasteiger partial charge in [0.25, 0.3) is 0 Å². The molecule has 0 radical (unpaired) electrons. The Labute approximate surface area is 166 Å². The molecule has 5 nitrogen and oxygen atoms in total. The van der Waals surface area contributed by atoms with Gasteiger partial charge >= 0.3 is 0 Å². The van der Waals surface area contributed by atoms with Crippen molar-refractivity contribution in [3.05, 3.63) is 83.6 Å². The quantitative estimate of drug-likeness (QED) is 0.580. The first-order valence-electron chi connectivity index (χ1n) is 9.40. The van der Waals surface area contributed by atoms with Gasteiger partial charge in [0.2, 0.25) is 0 Å². The fraction of sp³-hybridized carbons (Fsp3) is 0.217. The van der Waals surface area contributed by atoms with Crippen LogP contribution in [0.2, 0.25) is 0 Å². The molecule has 0 saturated carbocycles. The molecule has 5 heteroatoms. The normalized spacial score (nSPS) is 10.8. The largest absolute Gasteiger partial charge is 0.396 e. The highest BCUT2D eigenvalue weighted by Crippen LogP contribution is 2.28. The van der Waals surface area contributed by atoms with Crippen molar-refractivity contribution in [2.45, 2.75) is 12.8 Å². The van der Waals surface area contributed by atoms with Gasteiger partial charge in [-0.25, -0.2) is 4.98 Å². The molecule has 0 amide bonds. The zero-order valence-corrected chi connectivity index (χ0v) is 16.4. The number of nitrogens with two attached hydrogens (primary N) is 1. The van der Waals surface area contributed by atoms with E-state index in [1.54, 1.807) is 6.20 Å². The summed E-state index contributed by atoms with van der Waals surface area (Å²) >= 11 is 0. The Hall–Kier alpha value is -3.18. The predicted octanol–water partition coefficient (Wildman–Crippen LogP) is 4.13. The number of anilines is 3. The van der Waals surface area contributed by atoms with E-state index in [1.165, 1.54) is 0 Å². The van der Waals surface area contributed by atoms with Crippen LogP contribution in [0.4, 0.5) is 17.2 Å². The number of nitrogens with one attached hydrogen (secondary N) is 1. The summed E-state index contributed by atoms with van der Waals surface area (Å²) in [5.41, 5.74) is 9.99. The summed E-state index contributed by atoms with van der Waals surface area (Å²) in [5, 5.41) is 3.26. The van der Waals surface area contributed by atoms with Crippen molar-refractivity contribution in [1.29, 1.82) is 0 Å². The molecule has 0 atom stereocenters. The zero-order chi connectivity index (χ0) is 19.9. The Morgan fingerprint density at radius 3 is 2.50 bits per heavy atom. The second-order valence-corrected chi connectivity index (χ2v) is 7.00. The van der Waals surface area contributed by atoms with Crippen LogP contribution in [-0.4, -0.2) is 36.3 Å². The van der Waals surface area contributed by atoms with Gasteiger partial charge in [0, 0.05) is 17.3 Å². The van der Waals surface area contributed by atoms with E-state index in [2.05, 4.69) is 29.3 Å². The lowest BCUT2D eigenvalue weighted by atomic mass is 10.0. The molecule has 0 spiro atoms. The van der Waals surface area contributed by atoms with E-state index in [0.29, 0.717) is 28.3 Å². The second kappa shape index (κ2) is 9.15. The van der Waals surface area contributed by atoms with Crippen molar-refractivity contribution in [3.8, 4) is 0 Å². The first kappa shape index (κ1) is 19.6. The van der Waals surface area contributed by atoms with E-state index in [4.69, 9.17) is 5.73 Å². The Kier molecular flexibility index (Phi) is 6.40. The van der Waals surface area contributed by atoms with Crippen LogP contribution in [0.3, 0.4) is 0 Å². The van der Waals surface area contributed by atoms with E-state index in [0.717, 1.165) is 24.9 Å². The number of hydrogen-bond acceptors (Lipinski definition) is 5. The molecule has 0 fully saturated rings. The summed E-state index contributed by atoms with van der Waals surface area (Å²) in [7, 11) is 4.12. The van der Waals surface area contributed by atoms with Crippen LogP contribution in [0.25, 0.3) is 0 Å². The lowest BCUT2D eigenvalue weighted by Gasteiger charge is -2.15. The van der Waals surface area contributed by atoms with Gasteiger partial charge in [0.1, 0.15) is 0 Å². The minimum absolute atomic E-state index is 0.0376. The van der Waals surface area contributed by atoms with Gasteiger partial charge in [-0.2, -0.15) is 0 Å². The number of carbonyl (C=O) groups excluding carboxylic acids is 1. The van der Waals surface area contributed by atoms with E-state index < -0.39 is 0 Å². The van der Waals surface area contributed by atoms with Crippen LogP contribution in [0.1, 0.15) is 27.9 Å². The third kappa shape index (κ3) is 4.75. The molecule has 0 unspecified atom stereocenters. The molecule has 1 aromatic heterocycles. The molecule has 144 valence electrons. The number of aromatic nitrogens is 1. The molecule has 28 heavy (non-hydrogen) atoms. The number of carbonyl (C=O) groups is 1. The third-order valence-corrected chi connectivity index (χ3v) is 4.59. The lowest BCUT2D eigenvalue weighted by Crippen LogP contribution is -2.14. The van der Waals surface area contributed by atoms with Gasteiger partial charge in [-0.15, -0.1) is 0 Å². The van der Waals surface area contributed by atoms with Crippen LogP contribution in [-0.2, 0) is 6.42 Å². The number of nitrogen functional groups attached to an aromatic ring is 1. The lowest BCUT2D eigenvalue weighted by molar-refractivity contribution is 0.103. The van der Waals surface area contributed by atoms with Gasteiger partial charge in [-0.1, -0.05) is 42.5 Å². The second-order valence-electron chi connectivity index (χ2n) is 7.00. The molecule has 0 saturated heterocycles. The van der Waals surface area contributed by atoms with Crippen molar-refractivity contribution < 1.29 is 4.79 Å². The zero-order valence-electron chi connectivity index (χ0n) is 16.4. The van der Waals surface area contributed by atoms with Crippen LogP contribution in [0.5, 0.6) is 0 Å². The molecular weight excluding hydrogens is 348 g/mol. The highest BCUT2D eigenvalue weighted by molar-refractivity contribution is 6.12. The predicted molar refractivity (Wildman–Crippen MR) is 115 cm³/mol. The number of nitrogens with zero attached hydrogens (tertiary/aromatic N) is 2. The van der Waals surface area contributed by atoms with Crippen LogP contribution in [0, 0.1) is 0 Å². The van der Waals surface area contributed by atoms with Crippen molar-refractivity contribution in [2.75, 3.05) is 31.7 Å². The number of benzene rings is 2. The van der Waals surface area contributed by atoms with Crippen molar-refractivity contribution in [1.82, 2.24) is 9.88 Å². The number of ketones is 1. The minimum atomic E-state index is -0.0376. The number of para-hydroxylation sites is 1. The fourth-order valence-electron chi connectivity index (χ4n) is 3.08. The smallest absolute Gasteiger partial charge is 0.195 e. The fourth-order valence-corrected chi connectivity index (χ4v) is 3.08. The molecule has 0 aliphatic carbocycles. The maximum Gasteiger partial charge on any atom is 0.195 e. The first-order valence-corrected chi connectivity index (χ1v) is 9.40. The van der Waals surface area contributed by atoms with E-state index >= 15 is 0 Å². The summed E-state index contributed by atoms with van der Waals surface area (Å²) in [6.07, 6.45) is 3.65. The summed E-state index contributed by atoms with van der Waals surface area (Å²) in [5.74, 6) is 0.542. The van der Waals surface area contributed by atoms with Gasteiger partial charge < -0.3 is 16.0 Å². The Bertz CT molecular complexity index is 938. The van der Waals surface area contributed by atoms with Gasteiger partial charge in [0.15, 0.2) is 11.6 Å². The van der Waals surface area contributed by atoms with E-state index in [1.807, 2.05) is 60.7 Å². The molecule has 3 aromatic rings. The monoisotopic (exact) mass is 374 g/mol. The molecule has 0 aliphatic rings. The van der Waals surface area contributed by atoms with Crippen LogP contribution in [0.15, 0.2) is 66.9 Å². The maximum absolute atomic E-state index is 12.9. The summed E-state index contributed by atoms with van der Waals surface area (Å²) in [4.78, 5) is 19.5. The Morgan fingerprint density at radius 1 is 1.04 bits per heavy atom. The van der Waals surface area contributed by atoms with Crippen molar-refractivity contribution in [3.63, 3.8) is 0 Å². The first-order chi connectivity index (χ1) is 13.6. The summed E-state index contributed by atoms with van der Waals surface area (Å²) in [6.45, 7) is 0.999. The average molecular weight is 374 g/mol. The number of rotatable bonds is 8. The highest BCUT2D eigenvalue weighted by atomic mass is 16.1. The van der Waals surface area contributed by atoms with E-state index in [-0.39, 0.29) is 5.78 Å². The number of pyridine rings is 1. The molecule has 0 bridgehead atoms. The molecule has 0 aliphatic heterocycles. The van der Waals surface area contributed by atoms with Gasteiger partial charge in [-0.05, 0) is 57.2 Å². The summed E-state index contributed by atoms with van der Waals surface area (Å²) in [6, 6.07) is 18.6. The molecule has 2 aromatic carbocycles. The molecule has 1 heterocycles. The van der Waals surface area contributed by atoms with Crippen molar-refractivity contribution in [2.24, 2.45) is 0 Å². The topological polar surface area (TPSA) is 71.2 Å². The van der Waals surface area contributed by atoms with Gasteiger partial charge in [-0.3, -0.25) is 4.79 Å². The van der Waals surface area contributed by atoms with Crippen molar-refractivity contribution >= 4 is 23.0 Å². The van der Waals surface area contributed by atoms with E-state index in [9.17, 15) is 4.79 Å². The Morgan fingerprint density at radius 2 is 1.75 bits per heavy atom. The number of aryl methyl sites for hydroxylation is 1. The third-order valence-electron chi connectivity index (χ3n) is 4.59.